The normalized spacial score (nSPS) is 19.5. The number of carboxylic acid groups (broad SMARTS) is 2. The third kappa shape index (κ3) is 3.47. The maximum Gasteiger partial charge on any atom is 0.335 e. The van der Waals surface area contributed by atoms with Crippen LogP contribution in [0.5, 0.6) is 11.5 Å². The van der Waals surface area contributed by atoms with Crippen molar-refractivity contribution in [3.8, 4) is 11.5 Å². The van der Waals surface area contributed by atoms with Crippen molar-refractivity contribution in [1.82, 2.24) is 5.32 Å². The van der Waals surface area contributed by atoms with E-state index in [1.54, 1.807) is 0 Å². The lowest BCUT2D eigenvalue weighted by Crippen LogP contribution is -2.39. The molecule has 0 spiro atoms. The minimum Gasteiger partial charge on any atom is -0.479 e. The molecule has 2 aliphatic heterocycles. The van der Waals surface area contributed by atoms with Crippen molar-refractivity contribution in [2.75, 3.05) is 13.3 Å². The molecule has 0 amide bonds. The van der Waals surface area contributed by atoms with E-state index in [1.807, 2.05) is 0 Å². The fourth-order valence-corrected chi connectivity index (χ4v) is 4.16. The number of aliphatic hydroxyl groups is 2. The van der Waals surface area contributed by atoms with Crippen LogP contribution in [0.3, 0.4) is 0 Å². The highest BCUT2D eigenvalue weighted by molar-refractivity contribution is 5.83. The van der Waals surface area contributed by atoms with Gasteiger partial charge < -0.3 is 35.2 Å². The molecule has 2 unspecified atom stereocenters. The van der Waals surface area contributed by atoms with Crippen LogP contribution in [0.15, 0.2) is 30.3 Å². The molecular formula is C21H21NO8. The summed E-state index contributed by atoms with van der Waals surface area (Å²) in [6, 6.07) is 11.0. The number of fused-ring (bicyclic) bond motifs is 4. The Hall–Kier alpha value is -3.14. The molecule has 2 aromatic carbocycles. The second kappa shape index (κ2) is 7.94. The van der Waals surface area contributed by atoms with E-state index < -0.39 is 24.1 Å². The summed E-state index contributed by atoms with van der Waals surface area (Å²) in [5.41, 5.74) is 7.16. The Morgan fingerprint density at radius 2 is 1.70 bits per heavy atom. The van der Waals surface area contributed by atoms with E-state index in [0.29, 0.717) is 12.7 Å². The zero-order valence-electron chi connectivity index (χ0n) is 15.9. The van der Waals surface area contributed by atoms with E-state index in [0.717, 1.165) is 31.0 Å². The van der Waals surface area contributed by atoms with E-state index >= 15 is 0 Å². The molecule has 2 heterocycles. The minimum atomic E-state index is -2.27. The molecule has 0 aromatic heterocycles. The largest absolute Gasteiger partial charge is 0.479 e. The molecular weight excluding hydrogens is 394 g/mol. The summed E-state index contributed by atoms with van der Waals surface area (Å²) in [5.74, 6) is -1.23. The third-order valence-electron chi connectivity index (χ3n) is 5.53. The summed E-state index contributed by atoms with van der Waals surface area (Å²) in [7, 11) is 0. The highest BCUT2D eigenvalue weighted by Gasteiger charge is 2.33. The van der Waals surface area contributed by atoms with E-state index in [1.165, 1.54) is 27.8 Å². The molecule has 0 radical (unpaired) electrons. The topological polar surface area (TPSA) is 146 Å². The minimum absolute atomic E-state index is 0.349. The van der Waals surface area contributed by atoms with Crippen molar-refractivity contribution < 1.29 is 39.5 Å². The molecule has 3 aliphatic rings. The van der Waals surface area contributed by atoms with Crippen LogP contribution in [-0.4, -0.2) is 57.9 Å². The molecule has 0 fully saturated rings. The zero-order valence-corrected chi connectivity index (χ0v) is 15.9. The molecule has 1 aliphatic carbocycles. The maximum atomic E-state index is 9.77. The Kier molecular flexibility index (Phi) is 5.33. The van der Waals surface area contributed by atoms with Crippen molar-refractivity contribution in [2.45, 2.75) is 31.1 Å². The first-order valence-corrected chi connectivity index (χ1v) is 9.43. The number of carbonyl (C=O) groups is 2. The van der Waals surface area contributed by atoms with Gasteiger partial charge in [0.2, 0.25) is 6.79 Å². The molecule has 5 N–H and O–H groups in total. The molecule has 5 rings (SSSR count). The number of hydrogen-bond donors (Lipinski definition) is 5. The fourth-order valence-electron chi connectivity index (χ4n) is 4.16. The Bertz CT molecular complexity index is 987. The van der Waals surface area contributed by atoms with Crippen LogP contribution in [-0.2, 0) is 22.6 Å². The Morgan fingerprint density at radius 3 is 2.40 bits per heavy atom. The Morgan fingerprint density at radius 1 is 1.00 bits per heavy atom. The molecule has 9 heteroatoms. The smallest absolute Gasteiger partial charge is 0.335 e. The summed E-state index contributed by atoms with van der Waals surface area (Å²) in [6.07, 6.45) is -3.57. The van der Waals surface area contributed by atoms with E-state index in [4.69, 9.17) is 29.9 Å². The number of hydrogen-bond acceptors (Lipinski definition) is 7. The van der Waals surface area contributed by atoms with Crippen molar-refractivity contribution >= 4 is 11.9 Å². The first-order valence-electron chi connectivity index (χ1n) is 9.43. The lowest BCUT2D eigenvalue weighted by Gasteiger charge is -2.34. The predicted molar refractivity (Wildman–Crippen MR) is 103 cm³/mol. The van der Waals surface area contributed by atoms with Crippen LogP contribution >= 0.6 is 0 Å². The van der Waals surface area contributed by atoms with Crippen molar-refractivity contribution in [3.63, 3.8) is 0 Å². The SMILES string of the molecule is O=C(O)C(O)C(O)C(=O)O.c1cc2c3c(c1)Cc1c(ccc4c1OCO4)[C@H]3CNC2. The van der Waals surface area contributed by atoms with Gasteiger partial charge in [0.25, 0.3) is 0 Å². The molecule has 2 aromatic rings. The first-order chi connectivity index (χ1) is 14.4. The average Bonchev–Trinajstić information content (AvgIpc) is 3.23. The number of ether oxygens (including phenoxy) is 2. The van der Waals surface area contributed by atoms with E-state index in [-0.39, 0.29) is 0 Å². The summed E-state index contributed by atoms with van der Waals surface area (Å²) >= 11 is 0. The number of rotatable bonds is 3. The number of nitrogens with one attached hydrogen (secondary N) is 1. The van der Waals surface area contributed by atoms with Crippen molar-refractivity contribution in [2.24, 2.45) is 0 Å². The number of carboxylic acids is 2. The van der Waals surface area contributed by atoms with Crippen LogP contribution in [0.25, 0.3) is 0 Å². The summed E-state index contributed by atoms with van der Waals surface area (Å²) in [4.78, 5) is 19.5. The summed E-state index contributed by atoms with van der Waals surface area (Å²) in [5, 5.41) is 36.1. The second-order valence-corrected chi connectivity index (χ2v) is 7.28. The van der Waals surface area contributed by atoms with Crippen LogP contribution in [0.2, 0.25) is 0 Å². The van der Waals surface area contributed by atoms with Gasteiger partial charge in [-0.05, 0) is 28.3 Å². The van der Waals surface area contributed by atoms with Gasteiger partial charge in [-0.3, -0.25) is 0 Å². The first kappa shape index (κ1) is 20.1. The fraction of sp³-hybridized carbons (Fsp3) is 0.333. The third-order valence-corrected chi connectivity index (χ3v) is 5.53. The molecule has 0 saturated carbocycles. The lowest BCUT2D eigenvalue weighted by molar-refractivity contribution is -0.165. The molecule has 0 bridgehead atoms. The monoisotopic (exact) mass is 415 g/mol. The second-order valence-electron chi connectivity index (χ2n) is 7.28. The number of aliphatic hydroxyl groups excluding tert-OH is 2. The van der Waals surface area contributed by atoms with Crippen molar-refractivity contribution in [3.05, 3.63) is 58.1 Å². The average molecular weight is 415 g/mol. The van der Waals surface area contributed by atoms with Gasteiger partial charge in [-0.2, -0.15) is 0 Å². The van der Waals surface area contributed by atoms with Crippen LogP contribution in [0.1, 0.15) is 33.7 Å². The van der Waals surface area contributed by atoms with Gasteiger partial charge >= 0.3 is 11.9 Å². The quantitative estimate of drug-likeness (QED) is 0.482. The summed E-state index contributed by atoms with van der Waals surface area (Å²) < 4.78 is 11.2. The van der Waals surface area contributed by atoms with Gasteiger partial charge in [0.15, 0.2) is 23.7 Å². The molecule has 9 nitrogen and oxygen atoms in total. The van der Waals surface area contributed by atoms with Crippen LogP contribution in [0, 0.1) is 0 Å². The Balaban J connectivity index is 0.000000188. The molecule has 3 atom stereocenters. The highest BCUT2D eigenvalue weighted by atomic mass is 16.7. The molecule has 158 valence electrons. The zero-order chi connectivity index (χ0) is 21.4. The van der Waals surface area contributed by atoms with Crippen molar-refractivity contribution in [1.29, 1.82) is 0 Å². The van der Waals surface area contributed by atoms with Gasteiger partial charge in [-0.15, -0.1) is 0 Å². The van der Waals surface area contributed by atoms with E-state index in [2.05, 4.69) is 35.6 Å². The van der Waals surface area contributed by atoms with Gasteiger partial charge in [0, 0.05) is 31.0 Å². The number of benzene rings is 2. The van der Waals surface area contributed by atoms with Gasteiger partial charge in [0.05, 0.1) is 0 Å². The molecule has 0 saturated heterocycles. The summed E-state index contributed by atoms with van der Waals surface area (Å²) in [6.45, 7) is 2.35. The highest BCUT2D eigenvalue weighted by Crippen LogP contribution is 2.47. The van der Waals surface area contributed by atoms with Crippen LogP contribution < -0.4 is 14.8 Å². The van der Waals surface area contributed by atoms with Gasteiger partial charge in [0.1, 0.15) is 0 Å². The van der Waals surface area contributed by atoms with Crippen LogP contribution in [0.4, 0.5) is 0 Å². The van der Waals surface area contributed by atoms with Gasteiger partial charge in [-0.25, -0.2) is 9.59 Å². The molecule has 30 heavy (non-hydrogen) atoms. The standard InChI is InChI=1S/C17H15NO2.C4H6O6/c1-2-10-6-13-12(4-5-15-17(13)20-9-19-15)14-8-18-7-11(3-1)16(10)14;5-1(3(7)8)2(6)4(9)10/h1-5,14,18H,6-9H2;1-2,5-6H,(H,7,8)(H,9,10)/t14-;/m1./s1. The van der Waals surface area contributed by atoms with Gasteiger partial charge in [-0.1, -0.05) is 24.3 Å². The number of aliphatic carboxylic acids is 2. The Labute approximate surface area is 171 Å². The lowest BCUT2D eigenvalue weighted by atomic mass is 9.74. The predicted octanol–water partition coefficient (Wildman–Crippen LogP) is 0.432. The van der Waals surface area contributed by atoms with E-state index in [9.17, 15) is 9.59 Å². The maximum absolute atomic E-state index is 9.77.